The van der Waals surface area contributed by atoms with Crippen molar-refractivity contribution in [2.24, 2.45) is 0 Å². The van der Waals surface area contributed by atoms with Gasteiger partial charge in [0.15, 0.2) is 0 Å². The van der Waals surface area contributed by atoms with Gasteiger partial charge in [-0.05, 0) is 43.3 Å². The fraction of sp³-hybridized carbons (Fsp3) is 0.167. The fourth-order valence-corrected chi connectivity index (χ4v) is 2.99. The Morgan fingerprint density at radius 2 is 1.93 bits per heavy atom. The molecule has 0 amide bonds. The number of H-pyrrole nitrogens is 1. The van der Waals surface area contributed by atoms with Crippen LogP contribution in [0.5, 0.6) is 0 Å². The van der Waals surface area contributed by atoms with Crippen LogP contribution in [0.3, 0.4) is 0 Å². The number of halogens is 4. The summed E-state index contributed by atoms with van der Waals surface area (Å²) < 4.78 is 38.8. The zero-order chi connectivity index (χ0) is 20.6. The minimum atomic E-state index is -5.06. The average molecular weight is 409 g/mol. The standard InChI is InChI=1S/C18H12ClF3N4O2/c1-9(13-7-10-6-11(19)2-4-14(10)25-16(13)27)24-15-5-3-12(8-23)26(17(15)28)18(20,21)22/h2-7,9,24H,1H3,(H,25,27). The number of anilines is 1. The SMILES string of the molecule is CC(Nc1ccc(C#N)n(C(F)(F)F)c1=O)c1cc2cc(Cl)ccc2[nH]c1=O. The maximum absolute atomic E-state index is 13.1. The van der Waals surface area contributed by atoms with Crippen LogP contribution in [0.4, 0.5) is 18.9 Å². The van der Waals surface area contributed by atoms with E-state index in [1.165, 1.54) is 13.0 Å². The van der Waals surface area contributed by atoms with E-state index in [1.54, 1.807) is 24.3 Å². The minimum Gasteiger partial charge on any atom is -0.374 e. The third-order valence-corrected chi connectivity index (χ3v) is 4.36. The van der Waals surface area contributed by atoms with Crippen molar-refractivity contribution in [1.29, 1.82) is 5.26 Å². The number of nitriles is 1. The Labute approximate surface area is 160 Å². The summed E-state index contributed by atoms with van der Waals surface area (Å²) in [4.78, 5) is 27.2. The summed E-state index contributed by atoms with van der Waals surface area (Å²) in [5.74, 6) is 0. The van der Waals surface area contributed by atoms with Gasteiger partial charge in [0.05, 0.1) is 6.04 Å². The van der Waals surface area contributed by atoms with Gasteiger partial charge < -0.3 is 10.3 Å². The third kappa shape index (κ3) is 3.59. The molecule has 2 heterocycles. The number of nitrogens with zero attached hydrogens (tertiary/aromatic N) is 2. The molecule has 2 N–H and O–H groups in total. The number of hydrogen-bond donors (Lipinski definition) is 2. The van der Waals surface area contributed by atoms with Crippen LogP contribution in [0.2, 0.25) is 5.02 Å². The topological polar surface area (TPSA) is 90.7 Å². The Morgan fingerprint density at radius 3 is 2.57 bits per heavy atom. The van der Waals surface area contributed by atoms with Crippen molar-refractivity contribution in [2.75, 3.05) is 5.32 Å². The van der Waals surface area contributed by atoms with Gasteiger partial charge >= 0.3 is 6.30 Å². The predicted molar refractivity (Wildman–Crippen MR) is 98.3 cm³/mol. The van der Waals surface area contributed by atoms with E-state index in [4.69, 9.17) is 16.9 Å². The third-order valence-electron chi connectivity index (χ3n) is 4.12. The zero-order valence-corrected chi connectivity index (χ0v) is 15.0. The number of nitrogens with one attached hydrogen (secondary N) is 2. The van der Waals surface area contributed by atoms with Crippen LogP contribution < -0.4 is 16.4 Å². The summed E-state index contributed by atoms with van der Waals surface area (Å²) >= 11 is 5.95. The van der Waals surface area contributed by atoms with E-state index < -0.39 is 39.4 Å². The Morgan fingerprint density at radius 1 is 1.21 bits per heavy atom. The molecule has 1 atom stereocenters. The molecule has 0 saturated carbocycles. The maximum atomic E-state index is 13.1. The van der Waals surface area contributed by atoms with Crippen LogP contribution >= 0.6 is 11.6 Å². The van der Waals surface area contributed by atoms with E-state index >= 15 is 0 Å². The molecular formula is C18H12ClF3N4O2. The van der Waals surface area contributed by atoms with Gasteiger partial charge in [0.2, 0.25) is 0 Å². The molecule has 0 fully saturated rings. The summed E-state index contributed by atoms with van der Waals surface area (Å²) in [6.45, 7) is 1.52. The molecule has 3 aromatic rings. The molecule has 1 unspecified atom stereocenters. The lowest BCUT2D eigenvalue weighted by molar-refractivity contribution is -0.206. The van der Waals surface area contributed by atoms with Crippen LogP contribution in [0.15, 0.2) is 46.0 Å². The Hall–Kier alpha value is -3.25. The summed E-state index contributed by atoms with van der Waals surface area (Å²) in [6.07, 6.45) is -5.06. The lowest BCUT2D eigenvalue weighted by Crippen LogP contribution is -2.34. The molecule has 1 aromatic carbocycles. The number of pyridine rings is 2. The van der Waals surface area contributed by atoms with Gasteiger partial charge in [0.25, 0.3) is 11.1 Å². The molecular weight excluding hydrogens is 397 g/mol. The first-order valence-electron chi connectivity index (χ1n) is 7.94. The normalized spacial score (nSPS) is 12.6. The van der Waals surface area contributed by atoms with E-state index in [-0.39, 0.29) is 5.56 Å². The lowest BCUT2D eigenvalue weighted by atomic mass is 10.1. The van der Waals surface area contributed by atoms with E-state index in [0.717, 1.165) is 12.1 Å². The first-order chi connectivity index (χ1) is 13.1. The minimum absolute atomic E-state index is 0.206. The molecule has 0 radical (unpaired) electrons. The van der Waals surface area contributed by atoms with Crippen molar-refractivity contribution in [3.8, 4) is 6.07 Å². The summed E-state index contributed by atoms with van der Waals surface area (Å²) in [5.41, 5.74) is -2.37. The molecule has 0 aliphatic carbocycles. The molecule has 144 valence electrons. The van der Waals surface area contributed by atoms with Crippen LogP contribution in [-0.2, 0) is 6.30 Å². The van der Waals surface area contributed by atoms with Crippen molar-refractivity contribution in [1.82, 2.24) is 9.55 Å². The van der Waals surface area contributed by atoms with E-state index in [0.29, 0.717) is 15.9 Å². The lowest BCUT2D eigenvalue weighted by Gasteiger charge is -2.18. The molecule has 0 aliphatic heterocycles. The number of alkyl halides is 3. The number of benzene rings is 1. The van der Waals surface area contributed by atoms with Gasteiger partial charge in [-0.15, -0.1) is 13.2 Å². The molecule has 2 aromatic heterocycles. The van der Waals surface area contributed by atoms with Crippen molar-refractivity contribution in [3.63, 3.8) is 0 Å². The van der Waals surface area contributed by atoms with Crippen molar-refractivity contribution in [3.05, 3.63) is 73.4 Å². The molecule has 3 rings (SSSR count). The maximum Gasteiger partial charge on any atom is 0.492 e. The molecule has 0 spiro atoms. The smallest absolute Gasteiger partial charge is 0.374 e. The van der Waals surface area contributed by atoms with Crippen LogP contribution in [-0.4, -0.2) is 9.55 Å². The van der Waals surface area contributed by atoms with Gasteiger partial charge in [-0.2, -0.15) is 5.26 Å². The summed E-state index contributed by atoms with van der Waals surface area (Å²) in [5, 5.41) is 12.5. The first kappa shape index (κ1) is 19.5. The van der Waals surface area contributed by atoms with Crippen LogP contribution in [0, 0.1) is 11.3 Å². The monoisotopic (exact) mass is 408 g/mol. The van der Waals surface area contributed by atoms with Gasteiger partial charge in [-0.25, -0.2) is 4.57 Å². The van der Waals surface area contributed by atoms with Crippen molar-refractivity contribution < 1.29 is 13.2 Å². The number of aromatic nitrogens is 2. The Bertz CT molecular complexity index is 1220. The van der Waals surface area contributed by atoms with Gasteiger partial charge in [0, 0.05) is 21.5 Å². The highest BCUT2D eigenvalue weighted by Crippen LogP contribution is 2.24. The number of rotatable bonds is 3. The second-order valence-electron chi connectivity index (χ2n) is 6.00. The van der Waals surface area contributed by atoms with E-state index in [1.807, 2.05) is 0 Å². The molecule has 10 heteroatoms. The van der Waals surface area contributed by atoms with Gasteiger partial charge in [-0.3, -0.25) is 9.59 Å². The fourth-order valence-electron chi connectivity index (χ4n) is 2.81. The van der Waals surface area contributed by atoms with Crippen LogP contribution in [0.25, 0.3) is 10.9 Å². The first-order valence-corrected chi connectivity index (χ1v) is 8.32. The number of hydrogen-bond acceptors (Lipinski definition) is 4. The van der Waals surface area contributed by atoms with Gasteiger partial charge in [-0.1, -0.05) is 11.6 Å². The van der Waals surface area contributed by atoms with Crippen LogP contribution in [0.1, 0.15) is 24.2 Å². The summed E-state index contributed by atoms with van der Waals surface area (Å²) in [6, 6.07) is 8.91. The van der Waals surface area contributed by atoms with Crippen molar-refractivity contribution >= 4 is 28.2 Å². The quantitative estimate of drug-likeness (QED) is 0.688. The number of fused-ring (bicyclic) bond motifs is 1. The molecule has 28 heavy (non-hydrogen) atoms. The second-order valence-corrected chi connectivity index (χ2v) is 6.44. The molecule has 0 bridgehead atoms. The zero-order valence-electron chi connectivity index (χ0n) is 14.3. The predicted octanol–water partition coefficient (Wildman–Crippen LogP) is 3.86. The Kier molecular flexibility index (Phi) is 4.91. The highest BCUT2D eigenvalue weighted by Gasteiger charge is 2.35. The van der Waals surface area contributed by atoms with E-state index in [9.17, 15) is 22.8 Å². The van der Waals surface area contributed by atoms with Crippen molar-refractivity contribution in [2.45, 2.75) is 19.3 Å². The Balaban J connectivity index is 2.05. The highest BCUT2D eigenvalue weighted by atomic mass is 35.5. The molecule has 6 nitrogen and oxygen atoms in total. The molecule has 0 aliphatic rings. The number of aromatic amines is 1. The second kappa shape index (κ2) is 7.05. The van der Waals surface area contributed by atoms with Gasteiger partial charge in [0.1, 0.15) is 17.5 Å². The van der Waals surface area contributed by atoms with E-state index in [2.05, 4.69) is 10.3 Å². The molecule has 0 saturated heterocycles. The highest BCUT2D eigenvalue weighted by molar-refractivity contribution is 6.31. The summed E-state index contributed by atoms with van der Waals surface area (Å²) in [7, 11) is 0. The average Bonchev–Trinajstić information content (AvgIpc) is 2.61. The largest absolute Gasteiger partial charge is 0.492 e.